The van der Waals surface area contributed by atoms with Gasteiger partial charge in [0.2, 0.25) is 5.91 Å². The van der Waals surface area contributed by atoms with Crippen LogP contribution in [-0.4, -0.2) is 5.91 Å². The van der Waals surface area contributed by atoms with Crippen molar-refractivity contribution in [3.63, 3.8) is 0 Å². The lowest BCUT2D eigenvalue weighted by atomic mass is 10.1. The van der Waals surface area contributed by atoms with Gasteiger partial charge in [0.25, 0.3) is 0 Å². The van der Waals surface area contributed by atoms with Crippen molar-refractivity contribution in [3.8, 4) is 6.07 Å². The molecule has 0 saturated heterocycles. The number of rotatable bonds is 5. The molecule has 0 spiro atoms. The maximum absolute atomic E-state index is 11.9. The van der Waals surface area contributed by atoms with Gasteiger partial charge in [0.15, 0.2) is 0 Å². The SMILES string of the molecule is CCc1cccc(NC(=O)CCc2ccc(C#N)cc2)c1. The molecule has 0 aliphatic carbocycles. The van der Waals surface area contributed by atoms with Gasteiger partial charge in [-0.05, 0) is 48.2 Å². The van der Waals surface area contributed by atoms with Gasteiger partial charge in [0.1, 0.15) is 0 Å². The first-order valence-corrected chi connectivity index (χ1v) is 7.09. The van der Waals surface area contributed by atoms with Gasteiger partial charge in [-0.3, -0.25) is 4.79 Å². The third-order valence-corrected chi connectivity index (χ3v) is 3.34. The second-order valence-corrected chi connectivity index (χ2v) is 4.91. The highest BCUT2D eigenvalue weighted by molar-refractivity contribution is 5.90. The van der Waals surface area contributed by atoms with E-state index in [4.69, 9.17) is 5.26 Å². The highest BCUT2D eigenvalue weighted by Crippen LogP contribution is 2.12. The molecule has 0 aromatic heterocycles. The number of carbonyl (C=O) groups excluding carboxylic acids is 1. The average molecular weight is 278 g/mol. The summed E-state index contributed by atoms with van der Waals surface area (Å²) in [7, 11) is 0. The number of hydrogen-bond acceptors (Lipinski definition) is 2. The molecule has 0 heterocycles. The van der Waals surface area contributed by atoms with Crippen LogP contribution in [0.4, 0.5) is 5.69 Å². The fraction of sp³-hybridized carbons (Fsp3) is 0.222. The van der Waals surface area contributed by atoms with Crippen molar-refractivity contribution in [3.05, 3.63) is 65.2 Å². The van der Waals surface area contributed by atoms with Gasteiger partial charge in [-0.15, -0.1) is 0 Å². The van der Waals surface area contributed by atoms with E-state index in [-0.39, 0.29) is 5.91 Å². The van der Waals surface area contributed by atoms with Gasteiger partial charge in [0.05, 0.1) is 11.6 Å². The Hall–Kier alpha value is -2.60. The largest absolute Gasteiger partial charge is 0.326 e. The van der Waals surface area contributed by atoms with Crippen molar-refractivity contribution in [1.82, 2.24) is 0 Å². The van der Waals surface area contributed by atoms with E-state index in [1.807, 2.05) is 36.4 Å². The lowest BCUT2D eigenvalue weighted by Gasteiger charge is -2.07. The third kappa shape index (κ3) is 4.47. The summed E-state index contributed by atoms with van der Waals surface area (Å²) in [6.45, 7) is 2.09. The zero-order chi connectivity index (χ0) is 15.1. The zero-order valence-electron chi connectivity index (χ0n) is 12.1. The van der Waals surface area contributed by atoms with Crippen LogP contribution in [0.25, 0.3) is 0 Å². The van der Waals surface area contributed by atoms with Crippen LogP contribution in [0.5, 0.6) is 0 Å². The summed E-state index contributed by atoms with van der Waals surface area (Å²) in [6, 6.07) is 17.3. The normalized spacial score (nSPS) is 9.90. The number of aryl methyl sites for hydroxylation is 2. The van der Waals surface area contributed by atoms with Crippen LogP contribution in [0.1, 0.15) is 30.0 Å². The molecular weight excluding hydrogens is 260 g/mol. The Labute approximate surface area is 125 Å². The van der Waals surface area contributed by atoms with E-state index in [1.165, 1.54) is 5.56 Å². The Balaban J connectivity index is 1.88. The highest BCUT2D eigenvalue weighted by Gasteiger charge is 2.04. The van der Waals surface area contributed by atoms with Crippen LogP contribution >= 0.6 is 0 Å². The number of nitriles is 1. The van der Waals surface area contributed by atoms with Crippen LogP contribution in [-0.2, 0) is 17.6 Å². The number of nitrogens with one attached hydrogen (secondary N) is 1. The van der Waals surface area contributed by atoms with Gasteiger partial charge in [-0.25, -0.2) is 0 Å². The average Bonchev–Trinajstić information content (AvgIpc) is 2.53. The van der Waals surface area contributed by atoms with Gasteiger partial charge in [-0.1, -0.05) is 31.2 Å². The molecule has 106 valence electrons. The Bertz CT molecular complexity index is 654. The first-order valence-electron chi connectivity index (χ1n) is 7.09. The topological polar surface area (TPSA) is 52.9 Å². The van der Waals surface area contributed by atoms with Crippen LogP contribution in [0.2, 0.25) is 0 Å². The highest BCUT2D eigenvalue weighted by atomic mass is 16.1. The molecule has 2 rings (SSSR count). The third-order valence-electron chi connectivity index (χ3n) is 3.34. The maximum Gasteiger partial charge on any atom is 0.224 e. The smallest absolute Gasteiger partial charge is 0.224 e. The predicted octanol–water partition coefficient (Wildman–Crippen LogP) is 3.69. The molecule has 0 aliphatic rings. The fourth-order valence-electron chi connectivity index (χ4n) is 2.10. The second-order valence-electron chi connectivity index (χ2n) is 4.91. The number of amides is 1. The van der Waals surface area contributed by atoms with Gasteiger partial charge in [0, 0.05) is 12.1 Å². The minimum atomic E-state index is 0.00705. The number of carbonyl (C=O) groups is 1. The van der Waals surface area contributed by atoms with Gasteiger partial charge < -0.3 is 5.32 Å². The second kappa shape index (κ2) is 7.25. The summed E-state index contributed by atoms with van der Waals surface area (Å²) < 4.78 is 0. The predicted molar refractivity (Wildman–Crippen MR) is 83.9 cm³/mol. The summed E-state index contributed by atoms with van der Waals surface area (Å²) in [5.41, 5.74) is 3.75. The van der Waals surface area contributed by atoms with Crippen LogP contribution in [0, 0.1) is 11.3 Å². The van der Waals surface area contributed by atoms with E-state index < -0.39 is 0 Å². The molecule has 0 bridgehead atoms. The lowest BCUT2D eigenvalue weighted by molar-refractivity contribution is -0.116. The molecule has 3 heteroatoms. The standard InChI is InChI=1S/C18H18N2O/c1-2-14-4-3-5-17(12-14)20-18(21)11-10-15-6-8-16(13-19)9-7-15/h3-9,12H,2,10-11H2,1H3,(H,20,21). The van der Waals surface area contributed by atoms with Gasteiger partial charge >= 0.3 is 0 Å². The lowest BCUT2D eigenvalue weighted by Crippen LogP contribution is -2.12. The molecule has 2 aromatic rings. The monoisotopic (exact) mass is 278 g/mol. The minimum Gasteiger partial charge on any atom is -0.326 e. The molecule has 0 radical (unpaired) electrons. The molecule has 0 atom stereocenters. The van der Waals surface area contributed by atoms with E-state index in [0.717, 1.165) is 17.7 Å². The van der Waals surface area contributed by atoms with E-state index in [1.54, 1.807) is 12.1 Å². The zero-order valence-corrected chi connectivity index (χ0v) is 12.1. The van der Waals surface area contributed by atoms with Crippen LogP contribution in [0.3, 0.4) is 0 Å². The molecular formula is C18H18N2O. The molecule has 0 saturated carbocycles. The summed E-state index contributed by atoms with van der Waals surface area (Å²) in [5, 5.41) is 11.7. The fourth-order valence-corrected chi connectivity index (χ4v) is 2.10. The maximum atomic E-state index is 11.9. The number of anilines is 1. The Kier molecular flexibility index (Phi) is 5.11. The molecule has 0 aliphatic heterocycles. The summed E-state index contributed by atoms with van der Waals surface area (Å²) in [5.74, 6) is 0.00705. The number of nitrogens with zero attached hydrogens (tertiary/aromatic N) is 1. The van der Waals surface area contributed by atoms with E-state index in [9.17, 15) is 4.79 Å². The first-order chi connectivity index (χ1) is 10.2. The van der Waals surface area contributed by atoms with E-state index in [2.05, 4.69) is 18.3 Å². The molecule has 1 amide bonds. The Morgan fingerprint density at radius 3 is 2.57 bits per heavy atom. The first kappa shape index (κ1) is 14.8. The number of hydrogen-bond donors (Lipinski definition) is 1. The molecule has 2 aromatic carbocycles. The minimum absolute atomic E-state index is 0.00705. The van der Waals surface area contributed by atoms with Crippen molar-refractivity contribution in [2.45, 2.75) is 26.2 Å². The molecule has 21 heavy (non-hydrogen) atoms. The van der Waals surface area contributed by atoms with E-state index in [0.29, 0.717) is 18.4 Å². The quantitative estimate of drug-likeness (QED) is 0.906. The van der Waals surface area contributed by atoms with E-state index >= 15 is 0 Å². The van der Waals surface area contributed by atoms with Crippen molar-refractivity contribution in [2.24, 2.45) is 0 Å². The Morgan fingerprint density at radius 1 is 1.14 bits per heavy atom. The Morgan fingerprint density at radius 2 is 1.90 bits per heavy atom. The van der Waals surface area contributed by atoms with Crippen molar-refractivity contribution in [2.75, 3.05) is 5.32 Å². The number of benzene rings is 2. The summed E-state index contributed by atoms with van der Waals surface area (Å²) in [6.07, 6.45) is 2.06. The van der Waals surface area contributed by atoms with Gasteiger partial charge in [-0.2, -0.15) is 5.26 Å². The van der Waals surface area contributed by atoms with Crippen molar-refractivity contribution >= 4 is 11.6 Å². The van der Waals surface area contributed by atoms with Crippen LogP contribution in [0.15, 0.2) is 48.5 Å². The summed E-state index contributed by atoms with van der Waals surface area (Å²) >= 11 is 0. The molecule has 0 unspecified atom stereocenters. The molecule has 0 fully saturated rings. The van der Waals surface area contributed by atoms with Crippen LogP contribution < -0.4 is 5.32 Å². The van der Waals surface area contributed by atoms with Crippen molar-refractivity contribution < 1.29 is 4.79 Å². The molecule has 3 nitrogen and oxygen atoms in total. The summed E-state index contributed by atoms with van der Waals surface area (Å²) in [4.78, 5) is 11.9. The molecule has 1 N–H and O–H groups in total. The van der Waals surface area contributed by atoms with Crippen molar-refractivity contribution in [1.29, 1.82) is 5.26 Å².